The number of hydrogen-bond acceptors (Lipinski definition) is 6. The van der Waals surface area contributed by atoms with Gasteiger partial charge in [0.05, 0.1) is 5.52 Å². The van der Waals surface area contributed by atoms with E-state index in [1.54, 1.807) is 18.5 Å². The van der Waals surface area contributed by atoms with Crippen LogP contribution >= 0.6 is 19.1 Å². The molecule has 0 spiro atoms. The molecule has 0 saturated carbocycles. The minimum Gasteiger partial charge on any atom is -0.339 e. The predicted octanol–water partition coefficient (Wildman–Crippen LogP) is 2.89. The van der Waals surface area contributed by atoms with Crippen LogP contribution in [0.1, 0.15) is 0 Å². The third-order valence-electron chi connectivity index (χ3n) is 3.68. The molecule has 3 heterocycles. The molecule has 26 heavy (non-hydrogen) atoms. The number of imidazole rings is 1. The molecule has 9 heteroatoms. The molecular formula is C17H14N5O2PS. The highest BCUT2D eigenvalue weighted by atomic mass is 32.2. The average Bonchev–Trinajstić information content (AvgIpc) is 3.13. The molecule has 1 atom stereocenters. The van der Waals surface area contributed by atoms with Gasteiger partial charge in [0.15, 0.2) is 5.82 Å². The van der Waals surface area contributed by atoms with Gasteiger partial charge in [-0.1, -0.05) is 30.0 Å². The molecule has 130 valence electrons. The van der Waals surface area contributed by atoms with Gasteiger partial charge < -0.3 is 4.89 Å². The van der Waals surface area contributed by atoms with Crippen LogP contribution in [0, 0.1) is 0 Å². The molecule has 0 fully saturated rings. The molecule has 1 unspecified atom stereocenters. The number of hydrogen-bond donors (Lipinski definition) is 1. The number of rotatable bonds is 4. The van der Waals surface area contributed by atoms with Gasteiger partial charge in [0, 0.05) is 35.5 Å². The van der Waals surface area contributed by atoms with E-state index in [4.69, 9.17) is 0 Å². The first-order valence-corrected chi connectivity index (χ1v) is 10.6. The number of pyridine rings is 1. The molecular weight excluding hydrogens is 369 g/mol. The maximum Gasteiger partial charge on any atom is 0.261 e. The SMILES string of the molecule is CP(=O)(O)c1nccn1-c1ccc(Sc2cccc3cccnc23)nn1. The summed E-state index contributed by atoms with van der Waals surface area (Å²) in [4.78, 5) is 19.2. The molecule has 7 nitrogen and oxygen atoms in total. The Morgan fingerprint density at radius 2 is 1.88 bits per heavy atom. The normalized spacial score (nSPS) is 13.6. The maximum absolute atomic E-state index is 11.9. The van der Waals surface area contributed by atoms with E-state index in [0.717, 1.165) is 15.8 Å². The van der Waals surface area contributed by atoms with Crippen LogP contribution in [0.3, 0.4) is 0 Å². The van der Waals surface area contributed by atoms with Crippen LogP contribution in [0.2, 0.25) is 0 Å². The van der Waals surface area contributed by atoms with Crippen molar-refractivity contribution >= 4 is 35.6 Å². The standard InChI is InChI=1S/C17H14N5O2PS/c1-25(23,24)17-19-10-11-22(17)14-7-8-15(21-20-14)26-13-6-2-4-12-5-3-9-18-16(12)13/h2-11H,1H3,(H,23,24). The quantitative estimate of drug-likeness (QED) is 0.542. The highest BCUT2D eigenvalue weighted by Crippen LogP contribution is 2.34. The molecule has 4 aromatic rings. The number of fused-ring (bicyclic) bond motifs is 1. The van der Waals surface area contributed by atoms with E-state index in [9.17, 15) is 9.46 Å². The lowest BCUT2D eigenvalue weighted by atomic mass is 10.2. The first-order chi connectivity index (χ1) is 12.5. The van der Waals surface area contributed by atoms with E-state index in [-0.39, 0.29) is 5.57 Å². The van der Waals surface area contributed by atoms with Gasteiger partial charge in [-0.2, -0.15) is 0 Å². The van der Waals surface area contributed by atoms with E-state index in [0.29, 0.717) is 10.8 Å². The summed E-state index contributed by atoms with van der Waals surface area (Å²) in [5.41, 5.74) is 0.987. The molecule has 4 rings (SSSR count). The van der Waals surface area contributed by atoms with Crippen LogP contribution in [-0.2, 0) is 4.57 Å². The lowest BCUT2D eigenvalue weighted by molar-refractivity contribution is 0.493. The fourth-order valence-corrected chi connectivity index (χ4v) is 4.26. The van der Waals surface area contributed by atoms with Gasteiger partial charge in [0.25, 0.3) is 7.37 Å². The number of benzene rings is 1. The number of aromatic nitrogens is 5. The fourth-order valence-electron chi connectivity index (χ4n) is 2.55. The summed E-state index contributed by atoms with van der Waals surface area (Å²) < 4.78 is 13.4. The lowest BCUT2D eigenvalue weighted by Gasteiger charge is -2.09. The minimum absolute atomic E-state index is 0.0745. The molecule has 0 radical (unpaired) electrons. The molecule has 1 N–H and O–H groups in total. The molecule has 0 amide bonds. The van der Waals surface area contributed by atoms with Crippen molar-refractivity contribution in [1.29, 1.82) is 0 Å². The monoisotopic (exact) mass is 383 g/mol. The fraction of sp³-hybridized carbons (Fsp3) is 0.0588. The van der Waals surface area contributed by atoms with E-state index in [2.05, 4.69) is 20.2 Å². The molecule has 0 aliphatic rings. The molecule has 3 aromatic heterocycles. The van der Waals surface area contributed by atoms with Gasteiger partial charge in [0.2, 0.25) is 5.57 Å². The lowest BCUT2D eigenvalue weighted by Crippen LogP contribution is -2.18. The zero-order valence-corrected chi connectivity index (χ0v) is 15.4. The highest BCUT2D eigenvalue weighted by Gasteiger charge is 2.21. The first kappa shape index (κ1) is 16.9. The zero-order chi connectivity index (χ0) is 18.1. The molecule has 0 aliphatic carbocycles. The third kappa shape index (κ3) is 3.26. The van der Waals surface area contributed by atoms with Gasteiger partial charge in [-0.25, -0.2) is 4.98 Å². The topological polar surface area (TPSA) is 93.8 Å². The second kappa shape index (κ2) is 6.64. The Morgan fingerprint density at radius 1 is 1.04 bits per heavy atom. The summed E-state index contributed by atoms with van der Waals surface area (Å²) in [6, 6.07) is 13.5. The minimum atomic E-state index is -3.50. The molecule has 0 saturated heterocycles. The van der Waals surface area contributed by atoms with Crippen molar-refractivity contribution < 1.29 is 9.46 Å². The largest absolute Gasteiger partial charge is 0.339 e. The summed E-state index contributed by atoms with van der Waals surface area (Å²) in [5.74, 6) is 0.439. The smallest absolute Gasteiger partial charge is 0.261 e. The van der Waals surface area contributed by atoms with Crippen LogP contribution < -0.4 is 5.57 Å². The van der Waals surface area contributed by atoms with Gasteiger partial charge in [-0.3, -0.25) is 14.1 Å². The summed E-state index contributed by atoms with van der Waals surface area (Å²) in [7, 11) is -3.50. The maximum atomic E-state index is 11.9. The Morgan fingerprint density at radius 3 is 2.65 bits per heavy atom. The molecule has 0 aliphatic heterocycles. The summed E-state index contributed by atoms with van der Waals surface area (Å²) >= 11 is 1.47. The Labute approximate surface area is 153 Å². The van der Waals surface area contributed by atoms with Gasteiger partial charge in [-0.15, -0.1) is 10.2 Å². The van der Waals surface area contributed by atoms with Gasteiger partial charge >= 0.3 is 0 Å². The molecule has 0 bridgehead atoms. The van der Waals surface area contributed by atoms with Crippen LogP contribution in [0.4, 0.5) is 0 Å². The Hall–Kier alpha value is -2.54. The van der Waals surface area contributed by atoms with Crippen LogP contribution in [0.15, 0.2) is 71.0 Å². The van der Waals surface area contributed by atoms with Crippen molar-refractivity contribution in [2.75, 3.05) is 6.66 Å². The Kier molecular flexibility index (Phi) is 4.32. The summed E-state index contributed by atoms with van der Waals surface area (Å²) in [6.45, 7) is 1.25. The third-order valence-corrected chi connectivity index (χ3v) is 5.72. The van der Waals surface area contributed by atoms with Crippen molar-refractivity contribution in [2.24, 2.45) is 0 Å². The summed E-state index contributed by atoms with van der Waals surface area (Å²) in [6.07, 6.45) is 4.82. The Balaban J connectivity index is 1.65. The first-order valence-electron chi connectivity index (χ1n) is 7.72. The zero-order valence-electron chi connectivity index (χ0n) is 13.7. The highest BCUT2D eigenvalue weighted by molar-refractivity contribution is 7.99. The van der Waals surface area contributed by atoms with Crippen molar-refractivity contribution in [2.45, 2.75) is 9.92 Å². The molecule has 1 aromatic carbocycles. The van der Waals surface area contributed by atoms with E-state index < -0.39 is 7.37 Å². The van der Waals surface area contributed by atoms with Gasteiger partial charge in [0.1, 0.15) is 5.03 Å². The number of nitrogens with zero attached hydrogens (tertiary/aromatic N) is 5. The number of para-hydroxylation sites is 1. The van der Waals surface area contributed by atoms with E-state index >= 15 is 0 Å². The van der Waals surface area contributed by atoms with Crippen molar-refractivity contribution in [1.82, 2.24) is 24.7 Å². The van der Waals surface area contributed by atoms with Crippen LogP contribution in [0.25, 0.3) is 16.7 Å². The second-order valence-electron chi connectivity index (χ2n) is 5.64. The average molecular weight is 383 g/mol. The Bertz CT molecular complexity index is 1120. The second-order valence-corrected chi connectivity index (χ2v) is 8.86. The van der Waals surface area contributed by atoms with E-state index in [1.807, 2.05) is 36.4 Å². The van der Waals surface area contributed by atoms with E-state index in [1.165, 1.54) is 29.2 Å². The van der Waals surface area contributed by atoms with Crippen molar-refractivity contribution in [3.8, 4) is 5.82 Å². The van der Waals surface area contributed by atoms with Crippen molar-refractivity contribution in [3.63, 3.8) is 0 Å². The van der Waals surface area contributed by atoms with Gasteiger partial charge in [-0.05, 0) is 24.3 Å². The predicted molar refractivity (Wildman–Crippen MR) is 100 cm³/mol. The van der Waals surface area contributed by atoms with Crippen LogP contribution in [0.5, 0.6) is 0 Å². The van der Waals surface area contributed by atoms with Crippen LogP contribution in [-0.4, -0.2) is 36.3 Å². The van der Waals surface area contributed by atoms with Crippen molar-refractivity contribution in [3.05, 3.63) is 61.1 Å². The summed E-state index contributed by atoms with van der Waals surface area (Å²) in [5, 5.41) is 10.2.